The Morgan fingerprint density at radius 2 is 0.975 bits per heavy atom. The molecule has 2 unspecified atom stereocenters. The Kier molecular flexibility index (Phi) is 14.9. The van der Waals surface area contributed by atoms with Crippen LogP contribution in [0.2, 0.25) is 6.04 Å². The van der Waals surface area contributed by atoms with Crippen LogP contribution in [-0.2, 0) is 20.9 Å². The van der Waals surface area contributed by atoms with E-state index >= 15 is 0 Å². The third kappa shape index (κ3) is 7.38. The van der Waals surface area contributed by atoms with Crippen LogP contribution in [0.4, 0.5) is 0 Å². The Morgan fingerprint density at radius 1 is 0.625 bits per heavy atom. The van der Waals surface area contributed by atoms with Gasteiger partial charge in [-0.2, -0.15) is 0 Å². The van der Waals surface area contributed by atoms with E-state index in [1.165, 1.54) is 6.04 Å². The van der Waals surface area contributed by atoms with Gasteiger partial charge < -0.3 is 24.8 Å². The van der Waals surface area contributed by atoms with Crippen molar-refractivity contribution in [3.63, 3.8) is 0 Å². The number of hydrogen-bond donors (Lipinski definition) is 0. The number of hydrogen-bond acceptors (Lipinski definition) is 0. The van der Waals surface area contributed by atoms with E-state index in [0.717, 1.165) is 7.25 Å². The summed E-state index contributed by atoms with van der Waals surface area (Å²) in [4.78, 5) is 0. The first kappa shape index (κ1) is 37.6. The fourth-order valence-corrected chi connectivity index (χ4v) is 30.0. The Bertz CT molecular complexity index is 1110. The number of fused-ring (bicyclic) bond motifs is 2. The normalized spacial score (nSPS) is 17.4. The quantitative estimate of drug-likeness (QED) is 0.347. The van der Waals surface area contributed by atoms with E-state index in [2.05, 4.69) is 113 Å². The van der Waals surface area contributed by atoms with Crippen LogP contribution in [-0.4, -0.2) is 6.65 Å². The van der Waals surface area contributed by atoms with E-state index in [4.69, 9.17) is 0 Å². The predicted octanol–water partition coefficient (Wildman–Crippen LogP) is 4.97. The SMILES string of the molecule is CC.CC[SiH2][Zr+2]([CH]1C(C)=Cc2c(C(C)C)cc(C(C)C)cc21)[CH]1C(C)=Cc2c(C(C)C)cc(C(C)C)cc21.[Cl-].[Cl-]. The van der Waals surface area contributed by atoms with E-state index in [1.807, 2.05) is 13.8 Å². The van der Waals surface area contributed by atoms with Crippen molar-refractivity contribution in [1.82, 2.24) is 0 Å². The van der Waals surface area contributed by atoms with E-state index in [1.54, 1.807) is 55.7 Å². The second-order valence-corrected chi connectivity index (χ2v) is 28.5. The summed E-state index contributed by atoms with van der Waals surface area (Å²) >= 11 is -1.91. The molecule has 2 aliphatic carbocycles. The first-order valence-corrected chi connectivity index (χ1v) is 25.3. The largest absolute Gasteiger partial charge is 1.00 e. The van der Waals surface area contributed by atoms with Gasteiger partial charge in [0.05, 0.1) is 0 Å². The molecule has 0 N–H and O–H groups in total. The molecule has 221 valence electrons. The van der Waals surface area contributed by atoms with Crippen molar-refractivity contribution in [2.24, 2.45) is 0 Å². The predicted molar refractivity (Wildman–Crippen MR) is 172 cm³/mol. The van der Waals surface area contributed by atoms with Crippen molar-refractivity contribution in [1.29, 1.82) is 0 Å². The molecule has 0 aliphatic heterocycles. The summed E-state index contributed by atoms with van der Waals surface area (Å²) in [7, 11) is 0. The smallest absolute Gasteiger partial charge is 1.00 e. The number of allylic oxidation sites excluding steroid dienone is 2. The molecule has 0 spiro atoms. The molecular formula is C36H55Cl2SiZr. The number of halogens is 2. The molecule has 0 heterocycles. The second kappa shape index (κ2) is 15.9. The summed E-state index contributed by atoms with van der Waals surface area (Å²) in [5.74, 6) is 2.32. The molecule has 2 aromatic carbocycles. The maximum absolute atomic E-state index is 2.65. The van der Waals surface area contributed by atoms with Crippen molar-refractivity contribution < 1.29 is 45.7 Å². The van der Waals surface area contributed by atoms with Crippen molar-refractivity contribution in [3.05, 3.63) is 79.9 Å². The zero-order valence-electron chi connectivity index (χ0n) is 27.6. The second-order valence-electron chi connectivity index (χ2n) is 12.8. The zero-order valence-corrected chi connectivity index (χ0v) is 33.0. The topological polar surface area (TPSA) is 0 Å². The van der Waals surface area contributed by atoms with Crippen LogP contribution in [0.3, 0.4) is 0 Å². The monoisotopic (exact) mass is 675 g/mol. The van der Waals surface area contributed by atoms with Gasteiger partial charge in [0, 0.05) is 0 Å². The van der Waals surface area contributed by atoms with Gasteiger partial charge in [-0.05, 0) is 0 Å². The van der Waals surface area contributed by atoms with Crippen LogP contribution in [0.15, 0.2) is 35.4 Å². The Hall–Kier alpha value is -0.400. The van der Waals surface area contributed by atoms with Crippen molar-refractivity contribution in [2.45, 2.75) is 127 Å². The van der Waals surface area contributed by atoms with Gasteiger partial charge in [-0.3, -0.25) is 0 Å². The summed E-state index contributed by atoms with van der Waals surface area (Å²) < 4.78 is 1.52. The molecule has 2 aromatic rings. The van der Waals surface area contributed by atoms with Gasteiger partial charge in [0.2, 0.25) is 0 Å². The Labute approximate surface area is 269 Å². The van der Waals surface area contributed by atoms with E-state index < -0.39 is 20.9 Å². The molecule has 0 aromatic heterocycles. The van der Waals surface area contributed by atoms with Crippen LogP contribution in [0.5, 0.6) is 0 Å². The fourth-order valence-electron chi connectivity index (χ4n) is 6.72. The van der Waals surface area contributed by atoms with E-state index in [-0.39, 0.29) is 31.5 Å². The van der Waals surface area contributed by atoms with Gasteiger partial charge in [-0.15, -0.1) is 0 Å². The molecule has 0 nitrogen and oxygen atoms in total. The van der Waals surface area contributed by atoms with Crippen molar-refractivity contribution in [3.8, 4) is 0 Å². The molecule has 0 saturated heterocycles. The molecule has 2 aliphatic rings. The summed E-state index contributed by atoms with van der Waals surface area (Å²) in [5, 5.41) is 0. The van der Waals surface area contributed by atoms with Gasteiger partial charge in [0.15, 0.2) is 0 Å². The third-order valence-corrected chi connectivity index (χ3v) is 29.9. The first-order chi connectivity index (χ1) is 18.0. The van der Waals surface area contributed by atoms with Gasteiger partial charge in [-0.1, -0.05) is 13.8 Å². The Balaban J connectivity index is 0.00000196. The average molecular weight is 678 g/mol. The molecule has 0 radical (unpaired) electrons. The summed E-state index contributed by atoms with van der Waals surface area (Å²) in [6.07, 6.45) is 5.23. The average Bonchev–Trinajstić information content (AvgIpc) is 3.37. The van der Waals surface area contributed by atoms with E-state index in [0.29, 0.717) is 23.7 Å². The first-order valence-electron chi connectivity index (χ1n) is 15.5. The van der Waals surface area contributed by atoms with Crippen LogP contribution in [0.25, 0.3) is 12.2 Å². The van der Waals surface area contributed by atoms with Gasteiger partial charge in [0.25, 0.3) is 0 Å². The summed E-state index contributed by atoms with van der Waals surface area (Å²) in [5.41, 5.74) is 16.3. The minimum absolute atomic E-state index is 0. The summed E-state index contributed by atoms with van der Waals surface area (Å²) in [6, 6.07) is 11.8. The standard InChI is InChI=1S/2C16H21.C2H7Si.C2H6.2ClH.Zr/c2*1-10(2)13-8-14-6-12(5)7-16(14)15(9-13)11(3)4;1-2-3;1-2;;;/h2*6-11H,1-5H3;2-3H2,1H3;1-2H3;2*1H;/q;;;;;;+2/p-2. The molecule has 40 heavy (non-hydrogen) atoms. The Morgan fingerprint density at radius 3 is 1.25 bits per heavy atom. The minimum Gasteiger partial charge on any atom is -1.00 e. The minimum atomic E-state index is -1.91. The van der Waals surface area contributed by atoms with Crippen LogP contribution >= 0.6 is 0 Å². The van der Waals surface area contributed by atoms with Crippen LogP contribution in [0.1, 0.15) is 165 Å². The summed E-state index contributed by atoms with van der Waals surface area (Å²) in [6.45, 7) is 30.4. The van der Waals surface area contributed by atoms with Gasteiger partial charge in [0.1, 0.15) is 0 Å². The maximum atomic E-state index is 2.65. The molecule has 0 fully saturated rings. The van der Waals surface area contributed by atoms with Crippen LogP contribution < -0.4 is 24.8 Å². The fraction of sp³-hybridized carbons (Fsp3) is 0.556. The molecule has 4 rings (SSSR count). The zero-order chi connectivity index (χ0) is 28.5. The van der Waals surface area contributed by atoms with E-state index in [9.17, 15) is 0 Å². The molecule has 4 heteroatoms. The molecule has 0 amide bonds. The third-order valence-electron chi connectivity index (χ3n) is 8.67. The molecular weight excluding hydrogens is 623 g/mol. The number of rotatable bonds is 8. The van der Waals surface area contributed by atoms with Crippen molar-refractivity contribution in [2.75, 3.05) is 0 Å². The molecule has 0 saturated carbocycles. The molecule has 0 bridgehead atoms. The number of benzene rings is 2. The molecule has 2 atom stereocenters. The van der Waals surface area contributed by atoms with Gasteiger partial charge >= 0.3 is 233 Å². The van der Waals surface area contributed by atoms with Crippen LogP contribution in [0, 0.1) is 0 Å². The maximum Gasteiger partial charge on any atom is -1.00 e. The van der Waals surface area contributed by atoms with Crippen molar-refractivity contribution >= 4 is 18.8 Å². The van der Waals surface area contributed by atoms with Gasteiger partial charge in [-0.25, -0.2) is 0 Å².